The maximum atomic E-state index is 11.7. The standard InChI is InChI=1S/C13H21NO4S/c1-4-5-6-7-10-8-11(17-2)9-12(18-3)13(10)19(14,15)16/h8-9H,4-7H2,1-3H3,(H2,14,15,16). The molecule has 2 N–H and O–H groups in total. The Morgan fingerprint density at radius 2 is 1.84 bits per heavy atom. The molecule has 0 saturated carbocycles. The van der Waals surface area contributed by atoms with E-state index in [2.05, 4.69) is 6.92 Å². The van der Waals surface area contributed by atoms with Crippen LogP contribution in [0.25, 0.3) is 0 Å². The van der Waals surface area contributed by atoms with Gasteiger partial charge in [-0.25, -0.2) is 13.6 Å². The highest BCUT2D eigenvalue weighted by Gasteiger charge is 2.21. The molecule has 0 radical (unpaired) electrons. The van der Waals surface area contributed by atoms with E-state index in [9.17, 15) is 8.42 Å². The van der Waals surface area contributed by atoms with Crippen LogP contribution in [-0.4, -0.2) is 22.6 Å². The van der Waals surface area contributed by atoms with E-state index in [1.807, 2.05) is 0 Å². The predicted octanol–water partition coefficient (Wildman–Crippen LogP) is 2.08. The number of sulfonamides is 1. The first-order valence-electron chi connectivity index (χ1n) is 6.21. The van der Waals surface area contributed by atoms with Gasteiger partial charge >= 0.3 is 0 Å². The van der Waals surface area contributed by atoms with Crippen LogP contribution in [0, 0.1) is 0 Å². The molecule has 0 saturated heterocycles. The average molecular weight is 287 g/mol. The van der Waals surface area contributed by atoms with Crippen LogP contribution in [0.1, 0.15) is 31.7 Å². The van der Waals surface area contributed by atoms with Gasteiger partial charge in [-0.15, -0.1) is 0 Å². The maximum Gasteiger partial charge on any atom is 0.242 e. The highest BCUT2D eigenvalue weighted by Crippen LogP contribution is 2.32. The Morgan fingerprint density at radius 3 is 2.32 bits per heavy atom. The quantitative estimate of drug-likeness (QED) is 0.779. The molecule has 0 unspecified atom stereocenters. The van der Waals surface area contributed by atoms with Crippen molar-refractivity contribution >= 4 is 10.0 Å². The first-order valence-corrected chi connectivity index (χ1v) is 7.76. The average Bonchev–Trinajstić information content (AvgIpc) is 2.36. The van der Waals surface area contributed by atoms with E-state index < -0.39 is 10.0 Å². The van der Waals surface area contributed by atoms with Crippen molar-refractivity contribution < 1.29 is 17.9 Å². The topological polar surface area (TPSA) is 78.6 Å². The van der Waals surface area contributed by atoms with Gasteiger partial charge in [-0.1, -0.05) is 19.8 Å². The molecular weight excluding hydrogens is 266 g/mol. The fourth-order valence-corrected chi connectivity index (χ4v) is 2.92. The molecule has 0 aromatic heterocycles. The second-order valence-corrected chi connectivity index (χ2v) is 5.82. The van der Waals surface area contributed by atoms with E-state index in [0.29, 0.717) is 17.7 Å². The van der Waals surface area contributed by atoms with Crippen molar-refractivity contribution in [2.24, 2.45) is 5.14 Å². The van der Waals surface area contributed by atoms with Crippen molar-refractivity contribution in [2.75, 3.05) is 14.2 Å². The van der Waals surface area contributed by atoms with Crippen LogP contribution in [0.15, 0.2) is 17.0 Å². The van der Waals surface area contributed by atoms with Crippen LogP contribution in [0.3, 0.4) is 0 Å². The molecule has 108 valence electrons. The summed E-state index contributed by atoms with van der Waals surface area (Å²) in [5.74, 6) is 0.795. The fraction of sp³-hybridized carbons (Fsp3) is 0.538. The molecule has 0 bridgehead atoms. The number of hydrogen-bond acceptors (Lipinski definition) is 4. The van der Waals surface area contributed by atoms with Gasteiger partial charge in [0.2, 0.25) is 10.0 Å². The third-order valence-electron chi connectivity index (χ3n) is 2.90. The number of primary sulfonamides is 1. The summed E-state index contributed by atoms with van der Waals surface area (Å²) in [5.41, 5.74) is 0.646. The molecule has 1 aromatic carbocycles. The summed E-state index contributed by atoms with van der Waals surface area (Å²) in [4.78, 5) is 0.0619. The lowest BCUT2D eigenvalue weighted by atomic mass is 10.1. The Morgan fingerprint density at radius 1 is 1.16 bits per heavy atom. The lowest BCUT2D eigenvalue weighted by Gasteiger charge is -2.14. The first-order chi connectivity index (χ1) is 8.93. The molecule has 1 rings (SSSR count). The fourth-order valence-electron chi connectivity index (χ4n) is 1.98. The van der Waals surface area contributed by atoms with Gasteiger partial charge in [-0.05, 0) is 24.5 Å². The third kappa shape index (κ3) is 4.11. The van der Waals surface area contributed by atoms with E-state index in [4.69, 9.17) is 14.6 Å². The van der Waals surface area contributed by atoms with Crippen molar-refractivity contribution in [3.8, 4) is 11.5 Å². The summed E-state index contributed by atoms with van der Waals surface area (Å²) in [7, 11) is -0.874. The number of methoxy groups -OCH3 is 2. The first kappa shape index (κ1) is 15.8. The van der Waals surface area contributed by atoms with Crippen molar-refractivity contribution in [3.63, 3.8) is 0 Å². The van der Waals surface area contributed by atoms with Crippen molar-refractivity contribution in [2.45, 2.75) is 37.5 Å². The highest BCUT2D eigenvalue weighted by molar-refractivity contribution is 7.89. The lowest BCUT2D eigenvalue weighted by molar-refractivity contribution is 0.384. The minimum absolute atomic E-state index is 0.0619. The summed E-state index contributed by atoms with van der Waals surface area (Å²) in [6, 6.07) is 3.24. The van der Waals surface area contributed by atoms with Gasteiger partial charge in [-0.2, -0.15) is 0 Å². The molecule has 0 aliphatic rings. The minimum atomic E-state index is -3.82. The highest BCUT2D eigenvalue weighted by atomic mass is 32.2. The Kier molecular flexibility index (Phi) is 5.62. The molecule has 0 fully saturated rings. The van der Waals surface area contributed by atoms with Crippen LogP contribution < -0.4 is 14.6 Å². The van der Waals surface area contributed by atoms with Crippen LogP contribution in [0.5, 0.6) is 11.5 Å². The number of aryl methyl sites for hydroxylation is 1. The molecule has 6 heteroatoms. The normalized spacial score (nSPS) is 11.4. The zero-order chi connectivity index (χ0) is 14.5. The molecule has 0 amide bonds. The number of hydrogen-bond donors (Lipinski definition) is 1. The second kappa shape index (κ2) is 6.77. The molecule has 1 aromatic rings. The number of rotatable bonds is 7. The van der Waals surface area contributed by atoms with Gasteiger partial charge in [0.05, 0.1) is 14.2 Å². The number of unbranched alkanes of at least 4 members (excludes halogenated alkanes) is 2. The van der Waals surface area contributed by atoms with Gasteiger partial charge in [-0.3, -0.25) is 0 Å². The van der Waals surface area contributed by atoms with Crippen molar-refractivity contribution in [1.29, 1.82) is 0 Å². The van der Waals surface area contributed by atoms with Gasteiger partial charge in [0.15, 0.2) is 0 Å². The minimum Gasteiger partial charge on any atom is -0.497 e. The third-order valence-corrected chi connectivity index (χ3v) is 3.93. The summed E-state index contributed by atoms with van der Waals surface area (Å²) in [6.07, 6.45) is 3.62. The van der Waals surface area contributed by atoms with Crippen LogP contribution in [0.2, 0.25) is 0 Å². The van der Waals surface area contributed by atoms with Crippen molar-refractivity contribution in [3.05, 3.63) is 17.7 Å². The van der Waals surface area contributed by atoms with E-state index in [1.165, 1.54) is 20.3 Å². The largest absolute Gasteiger partial charge is 0.497 e. The molecule has 0 heterocycles. The summed E-state index contributed by atoms with van der Waals surface area (Å²) < 4.78 is 33.7. The predicted molar refractivity (Wildman–Crippen MR) is 74.1 cm³/mol. The zero-order valence-electron chi connectivity index (χ0n) is 11.6. The van der Waals surface area contributed by atoms with Crippen LogP contribution in [0.4, 0.5) is 0 Å². The number of nitrogens with two attached hydrogens (primary N) is 1. The van der Waals surface area contributed by atoms with Gasteiger partial charge in [0.1, 0.15) is 16.4 Å². The van der Waals surface area contributed by atoms with Gasteiger partial charge in [0.25, 0.3) is 0 Å². The molecule has 5 nitrogen and oxygen atoms in total. The summed E-state index contributed by atoms with van der Waals surface area (Å²) in [5, 5.41) is 5.28. The molecule has 19 heavy (non-hydrogen) atoms. The second-order valence-electron chi connectivity index (χ2n) is 4.32. The van der Waals surface area contributed by atoms with Crippen LogP contribution >= 0.6 is 0 Å². The van der Waals surface area contributed by atoms with Crippen molar-refractivity contribution in [1.82, 2.24) is 0 Å². The molecular formula is C13H21NO4S. The van der Waals surface area contributed by atoms with E-state index in [1.54, 1.807) is 6.07 Å². The van der Waals surface area contributed by atoms with Gasteiger partial charge < -0.3 is 9.47 Å². The Hall–Kier alpha value is -1.27. The SMILES string of the molecule is CCCCCc1cc(OC)cc(OC)c1S(N)(=O)=O. The number of ether oxygens (including phenoxy) is 2. The van der Waals surface area contributed by atoms with E-state index in [0.717, 1.165) is 19.3 Å². The van der Waals surface area contributed by atoms with E-state index in [-0.39, 0.29) is 10.6 Å². The number of benzene rings is 1. The summed E-state index contributed by atoms with van der Waals surface area (Å²) >= 11 is 0. The van der Waals surface area contributed by atoms with Crippen LogP contribution in [-0.2, 0) is 16.4 Å². The molecule has 0 aliphatic heterocycles. The van der Waals surface area contributed by atoms with Gasteiger partial charge in [0, 0.05) is 6.07 Å². The molecule has 0 atom stereocenters. The maximum absolute atomic E-state index is 11.7. The van der Waals surface area contributed by atoms with E-state index >= 15 is 0 Å². The molecule has 0 aliphatic carbocycles. The summed E-state index contributed by atoms with van der Waals surface area (Å²) in [6.45, 7) is 2.09. The lowest BCUT2D eigenvalue weighted by Crippen LogP contribution is -2.16. The molecule has 0 spiro atoms. The zero-order valence-corrected chi connectivity index (χ0v) is 12.4. The monoisotopic (exact) mass is 287 g/mol. The smallest absolute Gasteiger partial charge is 0.242 e. The Balaban J connectivity index is 3.30. The Labute approximate surface area is 114 Å². The Bertz CT molecular complexity index is 526.